The van der Waals surface area contributed by atoms with Crippen LogP contribution < -0.4 is 10.9 Å². The summed E-state index contributed by atoms with van der Waals surface area (Å²) in [6.07, 6.45) is 5.00. The fourth-order valence-electron chi connectivity index (χ4n) is 2.98. The van der Waals surface area contributed by atoms with Gasteiger partial charge in [-0.1, -0.05) is 29.8 Å². The van der Waals surface area contributed by atoms with E-state index in [9.17, 15) is 9.59 Å². The molecule has 1 N–H and O–H groups in total. The Morgan fingerprint density at radius 1 is 1.15 bits per heavy atom. The van der Waals surface area contributed by atoms with Gasteiger partial charge in [0.1, 0.15) is 0 Å². The van der Waals surface area contributed by atoms with Crippen LogP contribution in [0.3, 0.4) is 0 Å². The third kappa shape index (κ3) is 3.72. The topological polar surface area (TPSA) is 64.0 Å². The number of aryl methyl sites for hydroxylation is 3. The van der Waals surface area contributed by atoms with E-state index in [2.05, 4.69) is 16.4 Å². The van der Waals surface area contributed by atoms with Crippen molar-refractivity contribution in [3.63, 3.8) is 0 Å². The summed E-state index contributed by atoms with van der Waals surface area (Å²) >= 11 is 0. The molecule has 0 fully saturated rings. The molecule has 0 saturated carbocycles. The smallest absolute Gasteiger partial charge is 0.253 e. The molecule has 2 aromatic heterocycles. The zero-order chi connectivity index (χ0) is 18.7. The van der Waals surface area contributed by atoms with Gasteiger partial charge in [-0.25, -0.2) is 0 Å². The molecule has 26 heavy (non-hydrogen) atoms. The van der Waals surface area contributed by atoms with Gasteiger partial charge in [-0.2, -0.15) is 0 Å². The van der Waals surface area contributed by atoms with Crippen molar-refractivity contribution in [3.05, 3.63) is 99.2 Å². The Morgan fingerprint density at radius 3 is 2.62 bits per heavy atom. The third-order valence-corrected chi connectivity index (χ3v) is 4.38. The van der Waals surface area contributed by atoms with Crippen molar-refractivity contribution in [2.45, 2.75) is 19.9 Å². The number of hydrogen-bond donors (Lipinski definition) is 1. The van der Waals surface area contributed by atoms with Gasteiger partial charge in [0.05, 0.1) is 11.6 Å². The van der Waals surface area contributed by atoms with E-state index in [-0.39, 0.29) is 17.5 Å². The lowest BCUT2D eigenvalue weighted by atomic mass is 9.94. The van der Waals surface area contributed by atoms with Crippen molar-refractivity contribution in [1.82, 2.24) is 14.9 Å². The van der Waals surface area contributed by atoms with E-state index in [1.54, 1.807) is 31.7 Å². The maximum Gasteiger partial charge on any atom is 0.253 e. The summed E-state index contributed by atoms with van der Waals surface area (Å²) in [7, 11) is 1.63. The second-order valence-corrected chi connectivity index (χ2v) is 6.42. The Labute approximate surface area is 152 Å². The van der Waals surface area contributed by atoms with Crippen molar-refractivity contribution < 1.29 is 4.79 Å². The molecule has 0 bridgehead atoms. The molecule has 3 rings (SSSR count). The Morgan fingerprint density at radius 2 is 1.96 bits per heavy atom. The lowest BCUT2D eigenvalue weighted by Gasteiger charge is -2.22. The molecule has 132 valence electrons. The van der Waals surface area contributed by atoms with Crippen molar-refractivity contribution >= 4 is 5.91 Å². The molecule has 0 aliphatic heterocycles. The first-order valence-corrected chi connectivity index (χ1v) is 8.40. The molecule has 0 aliphatic rings. The Kier molecular flexibility index (Phi) is 4.98. The maximum atomic E-state index is 12.8. The van der Waals surface area contributed by atoms with Crippen LogP contribution in [0.5, 0.6) is 0 Å². The highest BCUT2D eigenvalue weighted by atomic mass is 16.2. The van der Waals surface area contributed by atoms with Crippen LogP contribution in [0.4, 0.5) is 0 Å². The molecule has 2 heterocycles. The van der Waals surface area contributed by atoms with Crippen LogP contribution >= 0.6 is 0 Å². The van der Waals surface area contributed by atoms with E-state index in [4.69, 9.17) is 0 Å². The number of carbonyl (C=O) groups is 1. The fraction of sp³-hybridized carbons (Fsp3) is 0.190. The Hall–Kier alpha value is -3.21. The molecule has 0 radical (unpaired) electrons. The van der Waals surface area contributed by atoms with Crippen LogP contribution in [0.1, 0.15) is 38.7 Å². The van der Waals surface area contributed by atoms with E-state index >= 15 is 0 Å². The van der Waals surface area contributed by atoms with Gasteiger partial charge in [-0.05, 0) is 42.7 Å². The van der Waals surface area contributed by atoms with Gasteiger partial charge in [0.15, 0.2) is 0 Å². The number of aromatic nitrogens is 2. The molecular weight excluding hydrogens is 326 g/mol. The highest BCUT2D eigenvalue weighted by Gasteiger charge is 2.20. The summed E-state index contributed by atoms with van der Waals surface area (Å²) in [5.41, 5.74) is 4.46. The summed E-state index contributed by atoms with van der Waals surface area (Å²) in [4.78, 5) is 28.5. The number of nitrogens with one attached hydrogen (secondary N) is 1. The van der Waals surface area contributed by atoms with Gasteiger partial charge >= 0.3 is 0 Å². The lowest BCUT2D eigenvalue weighted by molar-refractivity contribution is 0.0942. The van der Waals surface area contributed by atoms with Crippen LogP contribution in [0.25, 0.3) is 0 Å². The molecule has 5 nitrogen and oxygen atoms in total. The Balaban J connectivity index is 1.99. The second kappa shape index (κ2) is 7.35. The average Bonchev–Trinajstić information content (AvgIpc) is 2.63. The molecule has 0 saturated heterocycles. The minimum atomic E-state index is -0.325. The first-order valence-electron chi connectivity index (χ1n) is 8.40. The summed E-state index contributed by atoms with van der Waals surface area (Å²) < 4.78 is 1.39. The SMILES string of the molecule is Cc1ccc([C@H](NC(=O)c2ccc(=O)n(C)c2)c2cccnc2)c(C)c1. The number of benzene rings is 1. The predicted molar refractivity (Wildman–Crippen MR) is 101 cm³/mol. The summed E-state index contributed by atoms with van der Waals surface area (Å²) in [6.45, 7) is 4.07. The van der Waals surface area contributed by atoms with Crippen LogP contribution in [-0.2, 0) is 7.05 Å². The van der Waals surface area contributed by atoms with Crippen LogP contribution in [0.15, 0.2) is 65.8 Å². The zero-order valence-corrected chi connectivity index (χ0v) is 15.1. The van der Waals surface area contributed by atoms with Gasteiger partial charge in [-0.15, -0.1) is 0 Å². The van der Waals surface area contributed by atoms with Gasteiger partial charge in [0.25, 0.3) is 5.91 Å². The fourth-order valence-corrected chi connectivity index (χ4v) is 2.98. The number of carbonyl (C=O) groups excluding carboxylic acids is 1. The number of rotatable bonds is 4. The van der Waals surface area contributed by atoms with E-state index in [1.807, 2.05) is 38.1 Å². The van der Waals surface area contributed by atoms with Gasteiger partial charge in [-0.3, -0.25) is 14.6 Å². The number of pyridine rings is 2. The standard InChI is InChI=1S/C21H21N3O2/c1-14-6-8-18(15(2)11-14)20(16-5-4-10-22-12-16)23-21(26)17-7-9-19(25)24(3)13-17/h4-13,20H,1-3H3,(H,23,26)/t20-/m1/s1. The maximum absolute atomic E-state index is 12.8. The second-order valence-electron chi connectivity index (χ2n) is 6.42. The van der Waals surface area contributed by atoms with Crippen molar-refractivity contribution in [2.75, 3.05) is 0 Å². The molecule has 0 spiro atoms. The monoisotopic (exact) mass is 347 g/mol. The first kappa shape index (κ1) is 17.6. The van der Waals surface area contributed by atoms with Gasteiger partial charge in [0, 0.05) is 31.7 Å². The minimum Gasteiger partial charge on any atom is -0.341 e. The van der Waals surface area contributed by atoms with E-state index < -0.39 is 0 Å². The van der Waals surface area contributed by atoms with Gasteiger partial charge in [0.2, 0.25) is 5.56 Å². The lowest BCUT2D eigenvalue weighted by Crippen LogP contribution is -2.31. The van der Waals surface area contributed by atoms with Crippen molar-refractivity contribution in [2.24, 2.45) is 7.05 Å². The molecule has 5 heteroatoms. The van der Waals surface area contributed by atoms with E-state index in [0.29, 0.717) is 5.56 Å². The normalized spacial score (nSPS) is 11.8. The quantitative estimate of drug-likeness (QED) is 0.789. The summed E-state index contributed by atoms with van der Waals surface area (Å²) in [5, 5.41) is 3.08. The van der Waals surface area contributed by atoms with Gasteiger partial charge < -0.3 is 9.88 Å². The molecule has 1 amide bonds. The Bertz CT molecular complexity index is 994. The summed E-state index contributed by atoms with van der Waals surface area (Å²) in [5.74, 6) is -0.241. The summed E-state index contributed by atoms with van der Waals surface area (Å²) in [6, 6.07) is 12.6. The van der Waals surface area contributed by atoms with E-state index in [1.165, 1.54) is 16.2 Å². The van der Waals surface area contributed by atoms with Crippen LogP contribution in [-0.4, -0.2) is 15.5 Å². The van der Waals surface area contributed by atoms with Crippen molar-refractivity contribution in [1.29, 1.82) is 0 Å². The van der Waals surface area contributed by atoms with Crippen LogP contribution in [0.2, 0.25) is 0 Å². The average molecular weight is 347 g/mol. The molecule has 1 aromatic carbocycles. The number of nitrogens with zero attached hydrogens (tertiary/aromatic N) is 2. The predicted octanol–water partition coefficient (Wildman–Crippen LogP) is 2.92. The largest absolute Gasteiger partial charge is 0.341 e. The van der Waals surface area contributed by atoms with E-state index in [0.717, 1.165) is 16.7 Å². The van der Waals surface area contributed by atoms with Crippen LogP contribution in [0, 0.1) is 13.8 Å². The number of amides is 1. The first-order chi connectivity index (χ1) is 12.5. The molecule has 0 aliphatic carbocycles. The zero-order valence-electron chi connectivity index (χ0n) is 15.1. The minimum absolute atomic E-state index is 0.153. The highest BCUT2D eigenvalue weighted by Crippen LogP contribution is 2.25. The highest BCUT2D eigenvalue weighted by molar-refractivity contribution is 5.94. The molecular formula is C21H21N3O2. The third-order valence-electron chi connectivity index (χ3n) is 4.38. The molecule has 0 unspecified atom stereocenters. The molecule has 3 aromatic rings. The van der Waals surface area contributed by atoms with Crippen molar-refractivity contribution in [3.8, 4) is 0 Å². The number of hydrogen-bond acceptors (Lipinski definition) is 3. The molecule has 1 atom stereocenters.